The quantitative estimate of drug-likeness (QED) is 0.662. The van der Waals surface area contributed by atoms with Gasteiger partial charge in [-0.25, -0.2) is 0 Å². The highest BCUT2D eigenvalue weighted by Crippen LogP contribution is 2.18. The minimum absolute atomic E-state index is 0.829. The molecule has 0 saturated carbocycles. The highest BCUT2D eigenvalue weighted by atomic mass is 14.7. The van der Waals surface area contributed by atoms with E-state index < -0.39 is 0 Å². The molecule has 0 radical (unpaired) electrons. The van der Waals surface area contributed by atoms with Gasteiger partial charge in [-0.2, -0.15) is 0 Å². The Morgan fingerprint density at radius 1 is 0.882 bits per heavy atom. The van der Waals surface area contributed by atoms with Crippen molar-refractivity contribution in [1.29, 1.82) is 0 Å². The maximum absolute atomic E-state index is 4.47. The minimum Gasteiger partial charge on any atom is -0.264 e. The van der Waals surface area contributed by atoms with Gasteiger partial charge in [-0.15, -0.1) is 0 Å². The number of hydrogen-bond acceptors (Lipinski definition) is 2. The summed E-state index contributed by atoms with van der Waals surface area (Å²) in [5.41, 5.74) is 2.30. The molecule has 0 bridgehead atoms. The van der Waals surface area contributed by atoms with Crippen molar-refractivity contribution in [1.82, 2.24) is 9.97 Å². The van der Waals surface area contributed by atoms with E-state index in [0.717, 1.165) is 12.1 Å². The maximum atomic E-state index is 4.47. The van der Waals surface area contributed by atoms with E-state index in [0.29, 0.717) is 0 Å². The zero-order valence-corrected chi connectivity index (χ0v) is 9.38. The average molecular weight is 220 g/mol. The fraction of sp³-hybridized carbons (Fsp3) is 0.0667. The molecule has 2 nitrogen and oxygen atoms in total. The molecule has 1 aromatic carbocycles. The molecule has 0 atom stereocenters. The Labute approximate surface area is 100.0 Å². The molecule has 0 amide bonds. The van der Waals surface area contributed by atoms with Gasteiger partial charge in [0.1, 0.15) is 0 Å². The summed E-state index contributed by atoms with van der Waals surface area (Å²) >= 11 is 0. The normalized spacial score (nSPS) is 10.6. The van der Waals surface area contributed by atoms with Crippen molar-refractivity contribution in [2.45, 2.75) is 6.42 Å². The number of pyridine rings is 2. The lowest BCUT2D eigenvalue weighted by atomic mass is 10.1. The first kappa shape index (κ1) is 9.97. The molecule has 0 aliphatic heterocycles. The zero-order valence-electron chi connectivity index (χ0n) is 9.38. The third-order valence-electron chi connectivity index (χ3n) is 2.85. The molecule has 0 aliphatic carbocycles. The molecule has 17 heavy (non-hydrogen) atoms. The minimum atomic E-state index is 0.829. The van der Waals surface area contributed by atoms with Crippen LogP contribution in [0.15, 0.2) is 61.1 Å². The van der Waals surface area contributed by atoms with Gasteiger partial charge in [0.2, 0.25) is 0 Å². The SMILES string of the molecule is c1cncc(Cc2nccc3ccccc23)c1. The molecule has 0 unspecified atom stereocenters. The molecule has 2 heterocycles. The van der Waals surface area contributed by atoms with E-state index in [-0.39, 0.29) is 0 Å². The van der Waals surface area contributed by atoms with Gasteiger partial charge in [-0.1, -0.05) is 30.3 Å². The van der Waals surface area contributed by atoms with Gasteiger partial charge in [0.25, 0.3) is 0 Å². The second-order valence-electron chi connectivity index (χ2n) is 4.02. The van der Waals surface area contributed by atoms with E-state index in [1.54, 1.807) is 6.20 Å². The summed E-state index contributed by atoms with van der Waals surface area (Å²) in [4.78, 5) is 8.61. The molecule has 2 heteroatoms. The Morgan fingerprint density at radius 2 is 1.82 bits per heavy atom. The number of nitrogens with zero attached hydrogens (tertiary/aromatic N) is 2. The van der Waals surface area contributed by atoms with Gasteiger partial charge in [0.15, 0.2) is 0 Å². The summed E-state index contributed by atoms with van der Waals surface area (Å²) in [6.45, 7) is 0. The molecular formula is C15H12N2. The van der Waals surface area contributed by atoms with Crippen molar-refractivity contribution in [3.8, 4) is 0 Å². The summed E-state index contributed by atoms with van der Waals surface area (Å²) in [5, 5.41) is 2.46. The number of fused-ring (bicyclic) bond motifs is 1. The van der Waals surface area contributed by atoms with Crippen molar-refractivity contribution >= 4 is 10.8 Å². The van der Waals surface area contributed by atoms with E-state index in [9.17, 15) is 0 Å². The van der Waals surface area contributed by atoms with Crippen LogP contribution in [0, 0.1) is 0 Å². The van der Waals surface area contributed by atoms with Crippen molar-refractivity contribution in [3.05, 3.63) is 72.3 Å². The first-order chi connectivity index (χ1) is 8.43. The molecule has 3 rings (SSSR count). The number of benzene rings is 1. The predicted molar refractivity (Wildman–Crippen MR) is 68.8 cm³/mol. The largest absolute Gasteiger partial charge is 0.264 e. The van der Waals surface area contributed by atoms with Crippen LogP contribution >= 0.6 is 0 Å². The van der Waals surface area contributed by atoms with Crippen LogP contribution in [0.1, 0.15) is 11.3 Å². The third-order valence-corrected chi connectivity index (χ3v) is 2.85. The molecule has 82 valence electrons. The lowest BCUT2D eigenvalue weighted by Gasteiger charge is -2.05. The lowest BCUT2D eigenvalue weighted by molar-refractivity contribution is 1.08. The first-order valence-electron chi connectivity index (χ1n) is 5.65. The molecule has 0 saturated heterocycles. The average Bonchev–Trinajstić information content (AvgIpc) is 2.40. The molecule has 0 spiro atoms. The summed E-state index contributed by atoms with van der Waals surface area (Å²) in [6, 6.07) is 14.4. The van der Waals surface area contributed by atoms with Gasteiger partial charge in [-0.05, 0) is 23.1 Å². The van der Waals surface area contributed by atoms with E-state index in [1.165, 1.54) is 16.3 Å². The molecule has 3 aromatic rings. The van der Waals surface area contributed by atoms with E-state index in [1.807, 2.05) is 24.5 Å². The number of hydrogen-bond donors (Lipinski definition) is 0. The summed E-state index contributed by atoms with van der Waals surface area (Å²) < 4.78 is 0. The second kappa shape index (κ2) is 4.34. The van der Waals surface area contributed by atoms with Gasteiger partial charge < -0.3 is 0 Å². The van der Waals surface area contributed by atoms with Gasteiger partial charge >= 0.3 is 0 Å². The van der Waals surface area contributed by atoms with E-state index in [4.69, 9.17) is 0 Å². The number of rotatable bonds is 2. The Balaban J connectivity index is 2.06. The lowest BCUT2D eigenvalue weighted by Crippen LogP contribution is -1.93. The summed E-state index contributed by atoms with van der Waals surface area (Å²) in [5.74, 6) is 0. The van der Waals surface area contributed by atoms with Crippen LogP contribution in [0.5, 0.6) is 0 Å². The second-order valence-corrected chi connectivity index (χ2v) is 4.02. The van der Waals surface area contributed by atoms with Crippen LogP contribution in [0.25, 0.3) is 10.8 Å². The summed E-state index contributed by atoms with van der Waals surface area (Å²) in [6.07, 6.45) is 6.38. The van der Waals surface area contributed by atoms with Crippen LogP contribution in [0.3, 0.4) is 0 Å². The standard InChI is InChI=1S/C15H12N2/c1-2-6-14-13(5-1)7-9-17-15(14)10-12-4-3-8-16-11-12/h1-9,11H,10H2. The smallest absolute Gasteiger partial charge is 0.0526 e. The fourth-order valence-electron chi connectivity index (χ4n) is 2.02. The van der Waals surface area contributed by atoms with Crippen LogP contribution in [0.4, 0.5) is 0 Å². The third kappa shape index (κ3) is 2.02. The van der Waals surface area contributed by atoms with Gasteiger partial charge in [0, 0.05) is 30.4 Å². The zero-order chi connectivity index (χ0) is 11.5. The molecule has 0 fully saturated rings. The molecular weight excluding hydrogens is 208 g/mol. The van der Waals surface area contributed by atoms with Crippen LogP contribution < -0.4 is 0 Å². The first-order valence-corrected chi connectivity index (χ1v) is 5.65. The Morgan fingerprint density at radius 3 is 2.71 bits per heavy atom. The van der Waals surface area contributed by atoms with Crippen molar-refractivity contribution in [2.24, 2.45) is 0 Å². The summed E-state index contributed by atoms with van der Waals surface area (Å²) in [7, 11) is 0. The topological polar surface area (TPSA) is 25.8 Å². The van der Waals surface area contributed by atoms with Crippen molar-refractivity contribution < 1.29 is 0 Å². The van der Waals surface area contributed by atoms with Crippen LogP contribution in [0.2, 0.25) is 0 Å². The monoisotopic (exact) mass is 220 g/mol. The molecule has 2 aromatic heterocycles. The highest BCUT2D eigenvalue weighted by Gasteiger charge is 2.02. The van der Waals surface area contributed by atoms with Crippen molar-refractivity contribution in [2.75, 3.05) is 0 Å². The van der Waals surface area contributed by atoms with Gasteiger partial charge in [0.05, 0.1) is 5.69 Å². The van der Waals surface area contributed by atoms with Crippen molar-refractivity contribution in [3.63, 3.8) is 0 Å². The maximum Gasteiger partial charge on any atom is 0.0526 e. The van der Waals surface area contributed by atoms with E-state index >= 15 is 0 Å². The van der Waals surface area contributed by atoms with E-state index in [2.05, 4.69) is 40.3 Å². The Hall–Kier alpha value is -2.22. The number of aromatic nitrogens is 2. The molecule has 0 aliphatic rings. The predicted octanol–water partition coefficient (Wildman–Crippen LogP) is 3.22. The Kier molecular flexibility index (Phi) is 2.54. The van der Waals surface area contributed by atoms with Crippen LogP contribution in [-0.2, 0) is 6.42 Å². The fourth-order valence-corrected chi connectivity index (χ4v) is 2.02. The highest BCUT2D eigenvalue weighted by molar-refractivity contribution is 5.84. The van der Waals surface area contributed by atoms with Gasteiger partial charge in [-0.3, -0.25) is 9.97 Å². The van der Waals surface area contributed by atoms with Crippen LogP contribution in [-0.4, -0.2) is 9.97 Å². The molecule has 0 N–H and O–H groups in total. The Bertz CT molecular complexity index is 627.